The number of aromatic nitrogens is 8. The third-order valence-electron chi connectivity index (χ3n) is 7.57. The molecule has 22 heteroatoms. The summed E-state index contributed by atoms with van der Waals surface area (Å²) in [5.41, 5.74) is 10.9. The first-order valence-electron chi connectivity index (χ1n) is 16.0. The standard InChI is InChI=1S/C29H44N12O10/c1-14(2)18(30)26(46)48-7-16(5-42)50-12-40-10-34-20-22(40)36-28(38-24(20)44)32-9-33-29-37-23-21(25(45)39-29)35-11-41(23)13-51-17(6-43)8-49-27(47)19(31)15(3)4/h10-11,14-19,42-43H,5-9,12-13,30-31H2,1-4H3,(H2,32,36,38,44)(H2,33,37,39,45)/t16-,17-,18+,19+/m1/s1. The molecule has 0 bridgehead atoms. The second-order valence-electron chi connectivity index (χ2n) is 12.1. The number of nitrogens with zero attached hydrogens (tertiary/aromatic N) is 6. The maximum Gasteiger partial charge on any atom is 0.323 e. The number of aliphatic hydroxyl groups excluding tert-OH is 2. The Morgan fingerprint density at radius 3 is 1.51 bits per heavy atom. The van der Waals surface area contributed by atoms with Gasteiger partial charge in [0.2, 0.25) is 11.9 Å². The van der Waals surface area contributed by atoms with Crippen molar-refractivity contribution in [2.24, 2.45) is 23.3 Å². The highest BCUT2D eigenvalue weighted by molar-refractivity contribution is 5.76. The second kappa shape index (κ2) is 17.8. The van der Waals surface area contributed by atoms with Gasteiger partial charge in [-0.25, -0.2) is 9.97 Å². The maximum absolute atomic E-state index is 12.7. The molecule has 10 N–H and O–H groups in total. The molecule has 0 aliphatic heterocycles. The van der Waals surface area contributed by atoms with Crippen LogP contribution in [0.3, 0.4) is 0 Å². The first-order chi connectivity index (χ1) is 24.3. The fourth-order valence-corrected chi connectivity index (χ4v) is 4.24. The second-order valence-corrected chi connectivity index (χ2v) is 12.1. The summed E-state index contributed by atoms with van der Waals surface area (Å²) in [7, 11) is 0. The van der Waals surface area contributed by atoms with E-state index in [1.807, 2.05) is 0 Å². The number of nitrogens with one attached hydrogen (secondary N) is 4. The van der Waals surface area contributed by atoms with E-state index >= 15 is 0 Å². The Bertz CT molecular complexity index is 1750. The molecule has 0 aliphatic carbocycles. The molecule has 22 nitrogen and oxygen atoms in total. The molecule has 0 unspecified atom stereocenters. The molecule has 0 spiro atoms. The van der Waals surface area contributed by atoms with Crippen LogP contribution < -0.4 is 33.2 Å². The largest absolute Gasteiger partial charge is 0.462 e. The summed E-state index contributed by atoms with van der Waals surface area (Å²) in [6.07, 6.45) is 0.912. The Hall–Kier alpha value is -5.00. The van der Waals surface area contributed by atoms with Crippen molar-refractivity contribution in [2.45, 2.75) is 65.4 Å². The summed E-state index contributed by atoms with van der Waals surface area (Å²) in [5, 5.41) is 25.1. The van der Waals surface area contributed by atoms with E-state index in [0.29, 0.717) is 0 Å². The zero-order valence-corrected chi connectivity index (χ0v) is 28.6. The van der Waals surface area contributed by atoms with E-state index < -0.39 is 60.6 Å². The van der Waals surface area contributed by atoms with E-state index in [1.165, 1.54) is 21.8 Å². The lowest BCUT2D eigenvalue weighted by atomic mass is 10.1. The fraction of sp³-hybridized carbons (Fsp3) is 0.586. The molecular weight excluding hydrogens is 676 g/mol. The number of aliphatic hydroxyl groups is 2. The summed E-state index contributed by atoms with van der Waals surface area (Å²) in [4.78, 5) is 71.5. The van der Waals surface area contributed by atoms with Gasteiger partial charge >= 0.3 is 11.9 Å². The molecule has 4 atom stereocenters. The fourth-order valence-electron chi connectivity index (χ4n) is 4.24. The molecule has 0 saturated carbocycles. The first-order valence-corrected chi connectivity index (χ1v) is 16.0. The summed E-state index contributed by atoms with van der Waals surface area (Å²) < 4.78 is 24.5. The highest BCUT2D eigenvalue weighted by Crippen LogP contribution is 2.12. The quantitative estimate of drug-likeness (QED) is 0.0353. The number of imidazole rings is 2. The number of nitrogens with two attached hydrogens (primary N) is 2. The van der Waals surface area contributed by atoms with Gasteiger partial charge in [-0.1, -0.05) is 27.7 Å². The van der Waals surface area contributed by atoms with Crippen molar-refractivity contribution in [1.82, 2.24) is 39.0 Å². The number of aromatic amines is 2. The summed E-state index contributed by atoms with van der Waals surface area (Å²) >= 11 is 0. The van der Waals surface area contributed by atoms with Crippen molar-refractivity contribution >= 4 is 46.2 Å². The van der Waals surface area contributed by atoms with Crippen molar-refractivity contribution in [3.05, 3.63) is 33.4 Å². The van der Waals surface area contributed by atoms with Crippen molar-refractivity contribution in [3.63, 3.8) is 0 Å². The van der Waals surface area contributed by atoms with E-state index in [-0.39, 0.29) is 79.4 Å². The molecule has 0 aliphatic rings. The predicted octanol–water partition coefficient (Wildman–Crippen LogP) is -2.24. The smallest absolute Gasteiger partial charge is 0.323 e. The molecule has 4 aromatic rings. The van der Waals surface area contributed by atoms with Crippen LogP contribution in [0.15, 0.2) is 22.2 Å². The van der Waals surface area contributed by atoms with Crippen LogP contribution >= 0.6 is 0 Å². The molecule has 4 heterocycles. The highest BCUT2D eigenvalue weighted by Gasteiger charge is 2.22. The van der Waals surface area contributed by atoms with Gasteiger partial charge in [0.05, 0.1) is 32.5 Å². The van der Waals surface area contributed by atoms with Crippen LogP contribution in [0, 0.1) is 11.8 Å². The summed E-state index contributed by atoms with van der Waals surface area (Å²) in [6, 6.07) is -1.63. The molecule has 280 valence electrons. The number of carbonyl (C=O) groups excluding carboxylic acids is 2. The van der Waals surface area contributed by atoms with Crippen LogP contribution in [0.2, 0.25) is 0 Å². The highest BCUT2D eigenvalue weighted by atomic mass is 16.6. The van der Waals surface area contributed by atoms with E-state index in [1.54, 1.807) is 27.7 Å². The Kier molecular flexibility index (Phi) is 13.5. The lowest BCUT2D eigenvalue weighted by Crippen LogP contribution is -2.39. The third kappa shape index (κ3) is 10.0. The van der Waals surface area contributed by atoms with Gasteiger partial charge < -0.3 is 51.3 Å². The van der Waals surface area contributed by atoms with Crippen LogP contribution in [0.1, 0.15) is 27.7 Å². The average molecular weight is 721 g/mol. The van der Waals surface area contributed by atoms with Gasteiger partial charge in [-0.05, 0) is 11.8 Å². The SMILES string of the molecule is CC(C)[C@H](N)C(=O)OC[C@@H](CO)OCn1cnc2c(=O)[nH]c(NCNc3nc4c(ncn4CO[C@H](CO)COC(=O)[C@@H](N)C(C)C)c(=O)[nH]3)nc21. The number of ether oxygens (including phenoxy) is 4. The van der Waals surface area contributed by atoms with Gasteiger partial charge in [-0.15, -0.1) is 0 Å². The van der Waals surface area contributed by atoms with Gasteiger partial charge in [-0.3, -0.25) is 38.3 Å². The minimum atomic E-state index is -0.876. The van der Waals surface area contributed by atoms with Crippen molar-refractivity contribution in [1.29, 1.82) is 0 Å². The van der Waals surface area contributed by atoms with E-state index in [0.717, 1.165) is 0 Å². The normalized spacial score (nSPS) is 14.2. The monoisotopic (exact) mass is 720 g/mol. The Labute approximate surface area is 289 Å². The maximum atomic E-state index is 12.7. The van der Waals surface area contributed by atoms with Crippen LogP contribution in [0.25, 0.3) is 22.3 Å². The number of rotatable bonds is 20. The number of H-pyrrole nitrogens is 2. The van der Waals surface area contributed by atoms with Gasteiger partial charge in [0.25, 0.3) is 11.1 Å². The topological polar surface area (TPSA) is 315 Å². The van der Waals surface area contributed by atoms with E-state index in [2.05, 4.69) is 40.5 Å². The first kappa shape index (κ1) is 38.8. The van der Waals surface area contributed by atoms with Crippen molar-refractivity contribution in [2.75, 3.05) is 43.7 Å². The lowest BCUT2D eigenvalue weighted by molar-refractivity contribution is -0.153. The number of anilines is 2. The van der Waals surface area contributed by atoms with Crippen LogP contribution in [-0.2, 0) is 42.0 Å². The zero-order valence-electron chi connectivity index (χ0n) is 28.6. The van der Waals surface area contributed by atoms with Crippen molar-refractivity contribution in [3.8, 4) is 0 Å². The Morgan fingerprint density at radius 1 is 0.765 bits per heavy atom. The zero-order chi connectivity index (χ0) is 37.2. The molecule has 0 aromatic carbocycles. The number of hydrogen-bond donors (Lipinski definition) is 8. The summed E-state index contributed by atoms with van der Waals surface area (Å²) in [5.74, 6) is -1.40. The lowest BCUT2D eigenvalue weighted by Gasteiger charge is -2.19. The summed E-state index contributed by atoms with van der Waals surface area (Å²) in [6.45, 7) is 5.32. The molecular formula is C29H44N12O10. The Morgan fingerprint density at radius 2 is 1.16 bits per heavy atom. The van der Waals surface area contributed by atoms with Gasteiger partial charge in [0.1, 0.15) is 51.0 Å². The van der Waals surface area contributed by atoms with Gasteiger partial charge in [0.15, 0.2) is 22.3 Å². The molecule has 4 aromatic heterocycles. The Balaban J connectivity index is 1.36. The minimum absolute atomic E-state index is 0.0275. The molecule has 4 rings (SSSR count). The molecule has 0 fully saturated rings. The number of carbonyl (C=O) groups is 2. The van der Waals surface area contributed by atoms with Crippen molar-refractivity contribution < 1.29 is 38.7 Å². The van der Waals surface area contributed by atoms with Gasteiger partial charge in [-0.2, -0.15) is 9.97 Å². The molecule has 0 saturated heterocycles. The van der Waals surface area contributed by atoms with Crippen LogP contribution in [0.5, 0.6) is 0 Å². The van der Waals surface area contributed by atoms with Crippen LogP contribution in [-0.4, -0.2) is 119 Å². The molecule has 0 radical (unpaired) electrons. The predicted molar refractivity (Wildman–Crippen MR) is 180 cm³/mol. The minimum Gasteiger partial charge on any atom is -0.462 e. The molecule has 0 amide bonds. The number of fused-ring (bicyclic) bond motifs is 2. The number of hydrogen-bond acceptors (Lipinski definition) is 18. The third-order valence-corrected chi connectivity index (χ3v) is 7.57. The average Bonchev–Trinajstić information content (AvgIpc) is 3.71. The molecule has 51 heavy (non-hydrogen) atoms. The van der Waals surface area contributed by atoms with E-state index in [9.17, 15) is 29.4 Å². The van der Waals surface area contributed by atoms with Crippen LogP contribution in [0.4, 0.5) is 11.9 Å². The number of esters is 2. The van der Waals surface area contributed by atoms with Gasteiger partial charge in [0, 0.05) is 0 Å². The van der Waals surface area contributed by atoms with E-state index in [4.69, 9.17) is 30.4 Å².